The van der Waals surface area contributed by atoms with Gasteiger partial charge in [0.1, 0.15) is 11.6 Å². The van der Waals surface area contributed by atoms with Gasteiger partial charge in [0, 0.05) is 25.8 Å². The Bertz CT molecular complexity index is 377. The van der Waals surface area contributed by atoms with Gasteiger partial charge in [0.05, 0.1) is 33.0 Å². The topological polar surface area (TPSA) is 39.7 Å². The Balaban J connectivity index is 1.98. The van der Waals surface area contributed by atoms with Crippen LogP contribution < -0.4 is 5.32 Å². The zero-order chi connectivity index (χ0) is 14.6. The van der Waals surface area contributed by atoms with E-state index in [0.717, 1.165) is 12.1 Å². The molecule has 0 aliphatic carbocycles. The van der Waals surface area contributed by atoms with Crippen molar-refractivity contribution in [1.82, 2.24) is 5.32 Å². The number of hydrogen-bond donors (Lipinski definition) is 1. The lowest BCUT2D eigenvalue weighted by atomic mass is 10.2. The molecular formula is C14H21F2NO3. The van der Waals surface area contributed by atoms with Gasteiger partial charge in [-0.2, -0.15) is 0 Å². The van der Waals surface area contributed by atoms with Crippen LogP contribution in [-0.4, -0.2) is 46.7 Å². The monoisotopic (exact) mass is 289 g/mol. The molecule has 0 aliphatic rings. The van der Waals surface area contributed by atoms with Gasteiger partial charge in [-0.3, -0.25) is 0 Å². The maximum Gasteiger partial charge on any atom is 0.127 e. The van der Waals surface area contributed by atoms with Crippen LogP contribution in [0, 0.1) is 11.6 Å². The van der Waals surface area contributed by atoms with Crippen molar-refractivity contribution in [2.24, 2.45) is 0 Å². The van der Waals surface area contributed by atoms with Crippen molar-refractivity contribution < 1.29 is 23.0 Å². The van der Waals surface area contributed by atoms with Crippen molar-refractivity contribution in [1.29, 1.82) is 0 Å². The third kappa shape index (κ3) is 7.49. The Kier molecular flexibility index (Phi) is 9.06. The molecule has 1 N–H and O–H groups in total. The van der Waals surface area contributed by atoms with E-state index in [1.165, 1.54) is 6.07 Å². The Morgan fingerprint density at radius 1 is 1.00 bits per heavy atom. The lowest BCUT2D eigenvalue weighted by Gasteiger charge is -2.07. The fourth-order valence-electron chi connectivity index (χ4n) is 1.51. The summed E-state index contributed by atoms with van der Waals surface area (Å²) >= 11 is 0. The van der Waals surface area contributed by atoms with Gasteiger partial charge in [0.15, 0.2) is 0 Å². The Morgan fingerprint density at radius 3 is 2.45 bits per heavy atom. The third-order valence-electron chi connectivity index (χ3n) is 2.55. The first-order valence-corrected chi connectivity index (χ1v) is 6.53. The fourth-order valence-corrected chi connectivity index (χ4v) is 1.51. The van der Waals surface area contributed by atoms with E-state index in [2.05, 4.69) is 5.32 Å². The largest absolute Gasteiger partial charge is 0.382 e. The van der Waals surface area contributed by atoms with E-state index in [9.17, 15) is 8.78 Å². The standard InChI is InChI=1S/C14H21F2NO3/c1-18-6-7-20-9-8-19-5-4-17-11-12-10-13(15)2-3-14(12)16/h2-3,10,17H,4-9,11H2,1H3. The molecule has 0 bridgehead atoms. The van der Waals surface area contributed by atoms with Crippen molar-refractivity contribution in [3.05, 3.63) is 35.4 Å². The van der Waals surface area contributed by atoms with Gasteiger partial charge in [0.25, 0.3) is 0 Å². The fraction of sp³-hybridized carbons (Fsp3) is 0.571. The molecule has 1 aromatic rings. The van der Waals surface area contributed by atoms with Crippen LogP contribution in [0.3, 0.4) is 0 Å². The number of ether oxygens (including phenoxy) is 3. The van der Waals surface area contributed by atoms with Crippen LogP contribution in [0.15, 0.2) is 18.2 Å². The summed E-state index contributed by atoms with van der Waals surface area (Å²) in [5, 5.41) is 2.99. The summed E-state index contributed by atoms with van der Waals surface area (Å²) in [6.07, 6.45) is 0. The molecule has 1 aromatic carbocycles. The van der Waals surface area contributed by atoms with Crippen molar-refractivity contribution in [3.8, 4) is 0 Å². The van der Waals surface area contributed by atoms with Gasteiger partial charge >= 0.3 is 0 Å². The van der Waals surface area contributed by atoms with Crippen LogP contribution in [0.2, 0.25) is 0 Å². The number of halogens is 2. The molecular weight excluding hydrogens is 268 g/mol. The highest BCUT2D eigenvalue weighted by Gasteiger charge is 2.02. The number of nitrogens with one attached hydrogen (secondary N) is 1. The molecule has 0 aromatic heterocycles. The summed E-state index contributed by atoms with van der Waals surface area (Å²) in [7, 11) is 1.62. The minimum absolute atomic E-state index is 0.275. The van der Waals surface area contributed by atoms with Gasteiger partial charge in [-0.25, -0.2) is 8.78 Å². The maximum atomic E-state index is 13.3. The number of benzene rings is 1. The van der Waals surface area contributed by atoms with Crippen molar-refractivity contribution in [2.45, 2.75) is 6.54 Å². The van der Waals surface area contributed by atoms with Crippen LogP contribution in [0.4, 0.5) is 8.78 Å². The zero-order valence-electron chi connectivity index (χ0n) is 11.7. The predicted octanol–water partition coefficient (Wildman–Crippen LogP) is 1.73. The third-order valence-corrected chi connectivity index (χ3v) is 2.55. The first-order chi connectivity index (χ1) is 9.74. The van der Waals surface area contributed by atoms with E-state index in [0.29, 0.717) is 45.1 Å². The molecule has 0 atom stereocenters. The van der Waals surface area contributed by atoms with Gasteiger partial charge in [-0.15, -0.1) is 0 Å². The molecule has 0 saturated heterocycles. The highest BCUT2D eigenvalue weighted by molar-refractivity contribution is 5.18. The van der Waals surface area contributed by atoms with E-state index in [-0.39, 0.29) is 6.54 Å². The molecule has 4 nitrogen and oxygen atoms in total. The van der Waals surface area contributed by atoms with Crippen molar-refractivity contribution in [3.63, 3.8) is 0 Å². The highest BCUT2D eigenvalue weighted by Crippen LogP contribution is 2.08. The van der Waals surface area contributed by atoms with Crippen molar-refractivity contribution in [2.75, 3.05) is 46.7 Å². The lowest BCUT2D eigenvalue weighted by Crippen LogP contribution is -2.21. The molecule has 0 radical (unpaired) electrons. The van der Waals surface area contributed by atoms with Gasteiger partial charge in [-0.1, -0.05) is 0 Å². The van der Waals surface area contributed by atoms with Crippen LogP contribution in [0.5, 0.6) is 0 Å². The average Bonchev–Trinajstić information content (AvgIpc) is 2.44. The first kappa shape index (κ1) is 17.0. The summed E-state index contributed by atoms with van der Waals surface area (Å²) < 4.78 is 41.5. The summed E-state index contributed by atoms with van der Waals surface area (Å²) in [6, 6.07) is 3.42. The molecule has 1 rings (SSSR count). The van der Waals surface area contributed by atoms with E-state index >= 15 is 0 Å². The second kappa shape index (κ2) is 10.7. The molecule has 0 spiro atoms. The number of methoxy groups -OCH3 is 1. The SMILES string of the molecule is COCCOCCOCCNCc1cc(F)ccc1F. The Morgan fingerprint density at radius 2 is 1.70 bits per heavy atom. The predicted molar refractivity (Wildman–Crippen MR) is 71.6 cm³/mol. The Hall–Kier alpha value is -1.08. The normalized spacial score (nSPS) is 10.9. The van der Waals surface area contributed by atoms with Gasteiger partial charge < -0.3 is 19.5 Å². The smallest absolute Gasteiger partial charge is 0.127 e. The second-order valence-corrected chi connectivity index (χ2v) is 4.13. The quantitative estimate of drug-likeness (QED) is 0.630. The minimum Gasteiger partial charge on any atom is -0.382 e. The molecule has 114 valence electrons. The second-order valence-electron chi connectivity index (χ2n) is 4.13. The van der Waals surface area contributed by atoms with Crippen molar-refractivity contribution >= 4 is 0 Å². The molecule has 0 heterocycles. The maximum absolute atomic E-state index is 13.3. The van der Waals surface area contributed by atoms with Crippen LogP contribution in [-0.2, 0) is 20.8 Å². The summed E-state index contributed by atoms with van der Waals surface area (Å²) in [6.45, 7) is 3.47. The molecule has 6 heteroatoms. The molecule has 20 heavy (non-hydrogen) atoms. The van der Waals surface area contributed by atoms with Crippen LogP contribution in [0.1, 0.15) is 5.56 Å². The Labute approximate surface area is 118 Å². The van der Waals surface area contributed by atoms with E-state index in [1.807, 2.05) is 0 Å². The molecule has 0 amide bonds. The minimum atomic E-state index is -0.437. The van der Waals surface area contributed by atoms with Gasteiger partial charge in [0.2, 0.25) is 0 Å². The summed E-state index contributed by atoms with van der Waals surface area (Å²) in [5.41, 5.74) is 0.313. The zero-order valence-corrected chi connectivity index (χ0v) is 11.7. The van der Waals surface area contributed by atoms with E-state index < -0.39 is 11.6 Å². The van der Waals surface area contributed by atoms with E-state index in [4.69, 9.17) is 14.2 Å². The highest BCUT2D eigenvalue weighted by atomic mass is 19.1. The summed E-state index contributed by atoms with van der Waals surface area (Å²) in [4.78, 5) is 0. The molecule has 0 unspecified atom stereocenters. The van der Waals surface area contributed by atoms with Gasteiger partial charge in [-0.05, 0) is 18.2 Å². The molecule has 0 fully saturated rings. The molecule has 0 saturated carbocycles. The van der Waals surface area contributed by atoms with Crippen LogP contribution >= 0.6 is 0 Å². The first-order valence-electron chi connectivity index (χ1n) is 6.53. The number of hydrogen-bond acceptors (Lipinski definition) is 4. The van der Waals surface area contributed by atoms with Crippen LogP contribution in [0.25, 0.3) is 0 Å². The number of rotatable bonds is 11. The molecule has 0 aliphatic heterocycles. The lowest BCUT2D eigenvalue weighted by molar-refractivity contribution is 0.0255. The summed E-state index contributed by atoms with van der Waals surface area (Å²) in [5.74, 6) is -0.848. The average molecular weight is 289 g/mol. The van der Waals surface area contributed by atoms with E-state index in [1.54, 1.807) is 7.11 Å².